The molecule has 0 radical (unpaired) electrons. The Kier molecular flexibility index (Phi) is 8.51. The van der Waals surface area contributed by atoms with Gasteiger partial charge in [-0.25, -0.2) is 14.8 Å². The van der Waals surface area contributed by atoms with Gasteiger partial charge in [0.15, 0.2) is 0 Å². The van der Waals surface area contributed by atoms with E-state index >= 15 is 0 Å². The Morgan fingerprint density at radius 1 is 1.13 bits per heavy atom. The summed E-state index contributed by atoms with van der Waals surface area (Å²) in [6.07, 6.45) is 2.00. The lowest BCUT2D eigenvalue weighted by atomic mass is 9.93. The number of nitriles is 1. The fourth-order valence-electron chi connectivity index (χ4n) is 4.96. The monoisotopic (exact) mass is 545 g/mol. The first-order chi connectivity index (χ1) is 19.1. The number of esters is 1. The van der Waals surface area contributed by atoms with Gasteiger partial charge in [-0.15, -0.1) is 11.3 Å². The minimum Gasteiger partial charge on any atom is -0.472 e. The maximum atomic E-state index is 12.1. The van der Waals surface area contributed by atoms with E-state index in [0.29, 0.717) is 42.0 Å². The topological polar surface area (TPSA) is 103 Å². The van der Waals surface area contributed by atoms with Crippen LogP contribution in [0.3, 0.4) is 0 Å². The summed E-state index contributed by atoms with van der Waals surface area (Å²) in [7, 11) is 3.07. The Labute approximate surface area is 231 Å². The Balaban J connectivity index is 1.23. The smallest absolute Gasteiger partial charge is 0.337 e. The Bertz CT molecular complexity index is 1480. The molecule has 0 N–H and O–H groups in total. The van der Waals surface area contributed by atoms with E-state index in [1.807, 2.05) is 36.4 Å². The summed E-state index contributed by atoms with van der Waals surface area (Å²) in [6, 6.07) is 17.3. The zero-order valence-electron chi connectivity index (χ0n) is 22.1. The van der Waals surface area contributed by atoms with Gasteiger partial charge in [-0.05, 0) is 62.3 Å². The van der Waals surface area contributed by atoms with Crippen LogP contribution in [0.1, 0.15) is 50.4 Å². The molecule has 4 heterocycles. The van der Waals surface area contributed by atoms with Crippen molar-refractivity contribution in [2.24, 2.45) is 0 Å². The van der Waals surface area contributed by atoms with Gasteiger partial charge in [-0.3, -0.25) is 4.90 Å². The van der Waals surface area contributed by atoms with Gasteiger partial charge in [-0.2, -0.15) is 5.26 Å². The first kappa shape index (κ1) is 26.8. The Morgan fingerprint density at radius 2 is 1.97 bits per heavy atom. The van der Waals surface area contributed by atoms with Crippen molar-refractivity contribution in [3.63, 3.8) is 0 Å². The van der Waals surface area contributed by atoms with E-state index in [4.69, 9.17) is 29.4 Å². The van der Waals surface area contributed by atoms with Gasteiger partial charge >= 0.3 is 5.97 Å². The molecule has 0 bridgehead atoms. The third kappa shape index (κ3) is 6.28. The number of nitrogens with zero attached hydrogens (tertiary/aromatic N) is 5. The van der Waals surface area contributed by atoms with Crippen LogP contribution >= 0.6 is 11.3 Å². The largest absolute Gasteiger partial charge is 0.472 e. The number of aromatic nitrogens is 3. The fourth-order valence-corrected chi connectivity index (χ4v) is 5.67. The van der Waals surface area contributed by atoms with Crippen LogP contribution in [0.5, 0.6) is 5.88 Å². The summed E-state index contributed by atoms with van der Waals surface area (Å²) in [5.74, 6) is 1.58. The second-order valence-electron chi connectivity index (χ2n) is 9.49. The minimum atomic E-state index is -0.359. The summed E-state index contributed by atoms with van der Waals surface area (Å²) in [6.45, 7) is 4.21. The lowest BCUT2D eigenvalue weighted by molar-refractivity contribution is 0.0601. The van der Waals surface area contributed by atoms with Gasteiger partial charge in [0.05, 0.1) is 36.9 Å². The number of benzene rings is 1. The highest BCUT2D eigenvalue weighted by Crippen LogP contribution is 2.29. The normalized spacial score (nSPS) is 14.4. The van der Waals surface area contributed by atoms with Crippen LogP contribution in [-0.4, -0.2) is 59.3 Å². The first-order valence-electron chi connectivity index (χ1n) is 12.9. The maximum Gasteiger partial charge on any atom is 0.337 e. The van der Waals surface area contributed by atoms with Crippen LogP contribution in [0.2, 0.25) is 0 Å². The Hall–Kier alpha value is -3.78. The van der Waals surface area contributed by atoms with Crippen LogP contribution in [0, 0.1) is 11.3 Å². The predicted molar refractivity (Wildman–Crippen MR) is 148 cm³/mol. The minimum absolute atomic E-state index is 0.359. The summed E-state index contributed by atoms with van der Waals surface area (Å²) in [4.78, 5) is 25.9. The molecule has 5 rings (SSSR count). The predicted octanol–water partition coefficient (Wildman–Crippen LogP) is 4.76. The molecule has 0 unspecified atom stereocenters. The zero-order valence-corrected chi connectivity index (χ0v) is 22.9. The molecule has 0 amide bonds. The highest BCUT2D eigenvalue weighted by molar-refractivity contribution is 7.12. The van der Waals surface area contributed by atoms with Crippen LogP contribution in [0.25, 0.3) is 11.0 Å². The third-order valence-electron chi connectivity index (χ3n) is 7.02. The molecule has 1 fully saturated rings. The quantitative estimate of drug-likeness (QED) is 0.263. The van der Waals surface area contributed by atoms with Crippen molar-refractivity contribution < 1.29 is 19.0 Å². The number of hydrogen-bond donors (Lipinski definition) is 0. The van der Waals surface area contributed by atoms with Crippen LogP contribution in [0.4, 0.5) is 0 Å². The molecule has 202 valence electrons. The van der Waals surface area contributed by atoms with E-state index in [2.05, 4.69) is 21.6 Å². The summed E-state index contributed by atoms with van der Waals surface area (Å²) >= 11 is 1.44. The highest BCUT2D eigenvalue weighted by Gasteiger charge is 2.24. The van der Waals surface area contributed by atoms with Crippen molar-refractivity contribution in [2.45, 2.75) is 38.5 Å². The van der Waals surface area contributed by atoms with Gasteiger partial charge in [0.25, 0.3) is 0 Å². The van der Waals surface area contributed by atoms with Crippen molar-refractivity contribution >= 4 is 28.3 Å². The van der Waals surface area contributed by atoms with Crippen molar-refractivity contribution in [1.82, 2.24) is 19.4 Å². The molecule has 0 aliphatic carbocycles. The number of methoxy groups -OCH3 is 2. The number of pyridine rings is 1. The molecule has 1 saturated heterocycles. The molecule has 0 saturated carbocycles. The summed E-state index contributed by atoms with van der Waals surface area (Å²) in [5.41, 5.74) is 3.33. The number of carbonyl (C=O) groups excluding carboxylic acids is 1. The number of ether oxygens (including phenoxy) is 3. The molecule has 39 heavy (non-hydrogen) atoms. The van der Waals surface area contributed by atoms with E-state index in [1.165, 1.54) is 18.4 Å². The highest BCUT2D eigenvalue weighted by atomic mass is 32.1. The maximum absolute atomic E-state index is 12.1. The van der Waals surface area contributed by atoms with Crippen LogP contribution < -0.4 is 4.74 Å². The van der Waals surface area contributed by atoms with Crippen LogP contribution in [-0.2, 0) is 29.2 Å². The molecular formula is C29H31N5O4S. The number of rotatable bonds is 10. The second-order valence-corrected chi connectivity index (χ2v) is 10.7. The summed E-state index contributed by atoms with van der Waals surface area (Å²) < 4.78 is 18.3. The third-order valence-corrected chi connectivity index (χ3v) is 7.98. The van der Waals surface area contributed by atoms with Gasteiger partial charge in [0, 0.05) is 36.2 Å². The van der Waals surface area contributed by atoms with Gasteiger partial charge in [0.1, 0.15) is 23.4 Å². The number of piperidine rings is 1. The van der Waals surface area contributed by atoms with E-state index < -0.39 is 0 Å². The molecule has 1 aromatic carbocycles. The number of hydrogen-bond acceptors (Lipinski definition) is 9. The molecule has 1 aliphatic rings. The number of imidazole rings is 1. The summed E-state index contributed by atoms with van der Waals surface area (Å²) in [5, 5.41) is 9.01. The molecule has 9 nitrogen and oxygen atoms in total. The number of carbonyl (C=O) groups is 1. The number of thiophene rings is 1. The first-order valence-corrected chi connectivity index (χ1v) is 13.8. The standard InChI is InChI=1S/C29H31N5O4S/c1-36-15-14-34-26-16-21(29(35)37-2)6-9-25(26)31-27(34)18-33-12-10-20(11-13-33)24-4-3-5-28(32-24)38-19-23-8-7-22(17-30)39-23/h3-9,16,20H,10-15,18-19H2,1-2H3. The molecule has 4 aromatic rings. The second kappa shape index (κ2) is 12.4. The average Bonchev–Trinajstić information content (AvgIpc) is 3.58. The molecular weight excluding hydrogens is 514 g/mol. The van der Waals surface area contributed by atoms with Crippen LogP contribution in [0.15, 0.2) is 48.5 Å². The zero-order chi connectivity index (χ0) is 27.2. The SMILES string of the molecule is COCCn1c(CN2CCC(c3cccc(OCc4ccc(C#N)s4)n3)CC2)nc2ccc(C(=O)OC)cc21. The molecule has 3 aromatic heterocycles. The van der Waals surface area contributed by atoms with E-state index in [1.54, 1.807) is 13.2 Å². The van der Waals surface area contributed by atoms with Gasteiger partial charge in [0.2, 0.25) is 5.88 Å². The van der Waals surface area contributed by atoms with E-state index in [-0.39, 0.29) is 5.97 Å². The number of likely N-dealkylation sites (tertiary alicyclic amines) is 1. The molecule has 0 atom stereocenters. The molecule has 10 heteroatoms. The van der Waals surface area contributed by atoms with E-state index in [0.717, 1.165) is 59.9 Å². The molecule has 1 aliphatic heterocycles. The van der Waals surface area contributed by atoms with Crippen molar-refractivity contribution in [2.75, 3.05) is 33.9 Å². The van der Waals surface area contributed by atoms with Crippen molar-refractivity contribution in [3.8, 4) is 11.9 Å². The molecule has 0 spiro atoms. The van der Waals surface area contributed by atoms with Crippen molar-refractivity contribution in [1.29, 1.82) is 5.26 Å². The van der Waals surface area contributed by atoms with E-state index in [9.17, 15) is 4.79 Å². The van der Waals surface area contributed by atoms with Gasteiger partial charge in [-0.1, -0.05) is 6.07 Å². The van der Waals surface area contributed by atoms with Crippen molar-refractivity contribution in [3.05, 3.63) is 75.4 Å². The fraction of sp³-hybridized carbons (Fsp3) is 0.379. The Morgan fingerprint density at radius 3 is 2.72 bits per heavy atom. The number of fused-ring (bicyclic) bond motifs is 1. The lowest BCUT2D eigenvalue weighted by Crippen LogP contribution is -2.33. The average molecular weight is 546 g/mol. The lowest BCUT2D eigenvalue weighted by Gasteiger charge is -2.31. The van der Waals surface area contributed by atoms with Gasteiger partial charge < -0.3 is 18.8 Å².